The van der Waals surface area contributed by atoms with E-state index in [1.165, 1.54) is 0 Å². The Morgan fingerprint density at radius 3 is 2.21 bits per heavy atom. The number of aliphatic imine (C=N–C) groups is 1. The minimum Gasteiger partial charge on any atom is -0.493 e. The van der Waals surface area contributed by atoms with Gasteiger partial charge in [0, 0.05) is 26.3 Å². The zero-order valence-corrected chi connectivity index (χ0v) is 19.5. The maximum absolute atomic E-state index is 5.80. The Labute approximate surface area is 187 Å². The second kappa shape index (κ2) is 12.5. The summed E-state index contributed by atoms with van der Waals surface area (Å²) < 4.78 is 16.1. The average molecular weight is 521 g/mol. The van der Waals surface area contributed by atoms with Crippen molar-refractivity contribution in [3.05, 3.63) is 46.7 Å². The van der Waals surface area contributed by atoms with Crippen LogP contribution in [-0.2, 0) is 13.0 Å². The molecule has 0 aliphatic heterocycles. The lowest BCUT2D eigenvalue weighted by Gasteiger charge is -2.16. The van der Waals surface area contributed by atoms with E-state index in [1.54, 1.807) is 40.6 Å². The number of nitrogens with one attached hydrogen (secondary N) is 2. The van der Waals surface area contributed by atoms with Crippen molar-refractivity contribution in [1.29, 1.82) is 0 Å². The molecule has 0 aliphatic carbocycles. The van der Waals surface area contributed by atoms with Crippen molar-refractivity contribution in [1.82, 2.24) is 15.6 Å². The number of rotatable bonds is 8. The smallest absolute Gasteiger partial charge is 0.203 e. The first kappa shape index (κ1) is 24.1. The van der Waals surface area contributed by atoms with Gasteiger partial charge in [-0.3, -0.25) is 4.99 Å². The van der Waals surface area contributed by atoms with Crippen LogP contribution >= 0.6 is 35.6 Å². The van der Waals surface area contributed by atoms with Gasteiger partial charge in [0.05, 0.1) is 21.3 Å². The molecule has 0 aliphatic rings. The van der Waals surface area contributed by atoms with E-state index in [1.807, 2.05) is 18.2 Å². The van der Waals surface area contributed by atoms with Crippen molar-refractivity contribution in [3.8, 4) is 17.2 Å². The molecule has 0 radical (unpaired) electrons. The van der Waals surface area contributed by atoms with Crippen molar-refractivity contribution in [3.63, 3.8) is 0 Å². The monoisotopic (exact) mass is 520 g/mol. The minimum atomic E-state index is 0. The Balaban J connectivity index is 0.00000392. The molecular formula is C19H26ClIN4O3. The molecule has 2 N–H and O–H groups in total. The third kappa shape index (κ3) is 6.90. The number of aromatic nitrogens is 1. The molecule has 7 nitrogen and oxygen atoms in total. The Kier molecular flexibility index (Phi) is 10.8. The quantitative estimate of drug-likeness (QED) is 0.241. The zero-order chi connectivity index (χ0) is 19.6. The van der Waals surface area contributed by atoms with E-state index < -0.39 is 0 Å². The molecule has 0 spiro atoms. The molecule has 1 aromatic carbocycles. The van der Waals surface area contributed by atoms with Crippen LogP contribution in [0.2, 0.25) is 5.15 Å². The summed E-state index contributed by atoms with van der Waals surface area (Å²) in [7, 11) is 6.51. The topological polar surface area (TPSA) is 77.0 Å². The van der Waals surface area contributed by atoms with Gasteiger partial charge in [-0.2, -0.15) is 0 Å². The van der Waals surface area contributed by atoms with Gasteiger partial charge in [-0.1, -0.05) is 17.7 Å². The fraction of sp³-hybridized carbons (Fsp3) is 0.368. The van der Waals surface area contributed by atoms with Crippen LogP contribution in [0.15, 0.2) is 35.5 Å². The first-order valence-corrected chi connectivity index (χ1v) is 8.82. The highest BCUT2D eigenvalue weighted by Gasteiger charge is 2.13. The lowest BCUT2D eigenvalue weighted by molar-refractivity contribution is 0.323. The van der Waals surface area contributed by atoms with E-state index in [2.05, 4.69) is 20.6 Å². The van der Waals surface area contributed by atoms with Crippen LogP contribution in [0.25, 0.3) is 0 Å². The Morgan fingerprint density at radius 2 is 1.71 bits per heavy atom. The van der Waals surface area contributed by atoms with Crippen molar-refractivity contribution < 1.29 is 14.2 Å². The number of methoxy groups -OCH3 is 3. The molecule has 9 heteroatoms. The van der Waals surface area contributed by atoms with Crippen LogP contribution in [0.3, 0.4) is 0 Å². The predicted molar refractivity (Wildman–Crippen MR) is 123 cm³/mol. The second-order valence-electron chi connectivity index (χ2n) is 5.63. The van der Waals surface area contributed by atoms with Crippen LogP contribution in [0, 0.1) is 0 Å². The third-order valence-corrected chi connectivity index (χ3v) is 4.13. The largest absolute Gasteiger partial charge is 0.493 e. The lowest BCUT2D eigenvalue weighted by atomic mass is 10.2. The summed E-state index contributed by atoms with van der Waals surface area (Å²) in [6.45, 7) is 1.27. The molecule has 0 atom stereocenters. The number of nitrogens with zero attached hydrogens (tertiary/aromatic N) is 2. The number of guanidine groups is 1. The molecule has 0 saturated carbocycles. The van der Waals surface area contributed by atoms with Gasteiger partial charge in [0.1, 0.15) is 5.15 Å². The summed E-state index contributed by atoms with van der Waals surface area (Å²) in [6, 6.07) is 7.56. The molecule has 2 aromatic rings. The highest BCUT2D eigenvalue weighted by molar-refractivity contribution is 14.0. The van der Waals surface area contributed by atoms with E-state index in [-0.39, 0.29) is 24.0 Å². The molecule has 28 heavy (non-hydrogen) atoms. The van der Waals surface area contributed by atoms with Gasteiger partial charge in [0.25, 0.3) is 0 Å². The Hall–Kier alpha value is -1.94. The standard InChI is InChI=1S/C19H25ClN4O3.HI/c1-21-19(22-8-7-13-5-6-17(20)23-11-13)24-12-14-9-15(25-2)18(27-4)16(10-14)26-3;/h5-6,9-11H,7-8,12H2,1-4H3,(H2,21,22,24);1H. The number of ether oxygens (including phenoxy) is 3. The first-order valence-electron chi connectivity index (χ1n) is 8.45. The molecule has 0 amide bonds. The molecule has 154 valence electrons. The van der Waals surface area contributed by atoms with E-state index >= 15 is 0 Å². The number of hydrogen-bond donors (Lipinski definition) is 2. The van der Waals surface area contributed by atoms with E-state index in [0.29, 0.717) is 34.9 Å². The normalized spacial score (nSPS) is 10.7. The van der Waals surface area contributed by atoms with E-state index in [9.17, 15) is 0 Å². The van der Waals surface area contributed by atoms with E-state index in [4.69, 9.17) is 25.8 Å². The zero-order valence-electron chi connectivity index (χ0n) is 16.4. The molecule has 0 saturated heterocycles. The van der Waals surface area contributed by atoms with Gasteiger partial charge in [-0.15, -0.1) is 24.0 Å². The van der Waals surface area contributed by atoms with Crippen LogP contribution in [0.1, 0.15) is 11.1 Å². The van der Waals surface area contributed by atoms with Crippen molar-refractivity contribution in [2.24, 2.45) is 4.99 Å². The third-order valence-electron chi connectivity index (χ3n) is 3.90. The van der Waals surface area contributed by atoms with Gasteiger partial charge in [0.15, 0.2) is 17.5 Å². The lowest BCUT2D eigenvalue weighted by Crippen LogP contribution is -2.37. The van der Waals surface area contributed by atoms with Gasteiger partial charge in [-0.25, -0.2) is 4.98 Å². The highest BCUT2D eigenvalue weighted by Crippen LogP contribution is 2.38. The molecule has 0 unspecified atom stereocenters. The average Bonchev–Trinajstić information content (AvgIpc) is 2.70. The summed E-state index contributed by atoms with van der Waals surface area (Å²) in [6.07, 6.45) is 2.59. The molecule has 0 fully saturated rings. The van der Waals surface area contributed by atoms with Crippen LogP contribution < -0.4 is 24.8 Å². The summed E-state index contributed by atoms with van der Waals surface area (Å²) in [4.78, 5) is 8.32. The van der Waals surface area contributed by atoms with Crippen LogP contribution in [0.4, 0.5) is 0 Å². The second-order valence-corrected chi connectivity index (χ2v) is 6.01. The van der Waals surface area contributed by atoms with Crippen LogP contribution in [-0.4, -0.2) is 45.9 Å². The van der Waals surface area contributed by atoms with Crippen molar-refractivity contribution >= 4 is 41.5 Å². The minimum absolute atomic E-state index is 0. The predicted octanol–water partition coefficient (Wildman–Crippen LogP) is 3.29. The van der Waals surface area contributed by atoms with E-state index in [0.717, 1.165) is 24.1 Å². The number of pyridine rings is 1. The first-order chi connectivity index (χ1) is 13.1. The number of halogens is 2. The number of hydrogen-bond acceptors (Lipinski definition) is 5. The fourth-order valence-corrected chi connectivity index (χ4v) is 2.64. The van der Waals surface area contributed by atoms with Crippen LogP contribution in [0.5, 0.6) is 17.2 Å². The maximum atomic E-state index is 5.80. The van der Waals surface area contributed by atoms with Gasteiger partial charge in [-0.05, 0) is 35.7 Å². The Morgan fingerprint density at radius 1 is 1.04 bits per heavy atom. The van der Waals surface area contributed by atoms with Gasteiger partial charge < -0.3 is 24.8 Å². The molecular weight excluding hydrogens is 495 g/mol. The van der Waals surface area contributed by atoms with Gasteiger partial charge in [0.2, 0.25) is 5.75 Å². The summed E-state index contributed by atoms with van der Waals surface area (Å²) in [5.41, 5.74) is 2.08. The molecule has 2 rings (SSSR count). The molecule has 1 aromatic heterocycles. The summed E-state index contributed by atoms with van der Waals surface area (Å²) in [5.74, 6) is 2.51. The molecule has 0 bridgehead atoms. The Bertz CT molecular complexity index is 747. The fourth-order valence-electron chi connectivity index (χ4n) is 2.52. The van der Waals surface area contributed by atoms with Gasteiger partial charge >= 0.3 is 0 Å². The molecule has 1 heterocycles. The number of benzene rings is 1. The summed E-state index contributed by atoms with van der Waals surface area (Å²) >= 11 is 5.80. The van der Waals surface area contributed by atoms with Crippen molar-refractivity contribution in [2.45, 2.75) is 13.0 Å². The SMILES string of the molecule is CN=C(NCCc1ccc(Cl)nc1)NCc1cc(OC)c(OC)c(OC)c1.I. The highest BCUT2D eigenvalue weighted by atomic mass is 127. The maximum Gasteiger partial charge on any atom is 0.203 e. The summed E-state index contributed by atoms with van der Waals surface area (Å²) in [5, 5.41) is 7.04. The van der Waals surface area contributed by atoms with Crippen molar-refractivity contribution in [2.75, 3.05) is 34.9 Å².